The number of nitrogens with zero attached hydrogens (tertiary/aromatic N) is 2. The van der Waals surface area contributed by atoms with E-state index in [9.17, 15) is 18.0 Å². The third kappa shape index (κ3) is 8.14. The summed E-state index contributed by atoms with van der Waals surface area (Å²) in [6, 6.07) is 30.0. The molecule has 0 saturated carbocycles. The van der Waals surface area contributed by atoms with E-state index in [0.29, 0.717) is 5.69 Å². The Labute approximate surface area is 261 Å². The molecule has 230 valence electrons. The number of aryl methyl sites for hydroxylation is 3. The Hall–Kier alpha value is -4.43. The molecule has 0 aromatic heterocycles. The van der Waals surface area contributed by atoms with E-state index < -0.39 is 28.5 Å². The quantitative estimate of drug-likeness (QED) is 0.214. The highest BCUT2D eigenvalue weighted by Gasteiger charge is 2.35. The Morgan fingerprint density at radius 1 is 0.750 bits per heavy atom. The zero-order chi connectivity index (χ0) is 31.9. The van der Waals surface area contributed by atoms with Crippen molar-refractivity contribution in [3.8, 4) is 0 Å². The summed E-state index contributed by atoms with van der Waals surface area (Å²) >= 11 is 0. The molecule has 44 heavy (non-hydrogen) atoms. The number of hydrogen-bond acceptors (Lipinski definition) is 4. The van der Waals surface area contributed by atoms with E-state index in [-0.39, 0.29) is 29.8 Å². The van der Waals surface area contributed by atoms with Crippen molar-refractivity contribution >= 4 is 27.5 Å². The number of carbonyl (C=O) groups is 2. The van der Waals surface area contributed by atoms with Crippen LogP contribution in [0.1, 0.15) is 41.7 Å². The monoisotopic (exact) mass is 611 g/mol. The molecule has 8 heteroatoms. The molecule has 0 saturated heterocycles. The van der Waals surface area contributed by atoms with Gasteiger partial charge in [0.25, 0.3) is 10.0 Å². The van der Waals surface area contributed by atoms with Crippen molar-refractivity contribution in [2.45, 2.75) is 64.6 Å². The second-order valence-electron chi connectivity index (χ2n) is 11.5. The number of amides is 2. The van der Waals surface area contributed by atoms with Crippen molar-refractivity contribution in [2.24, 2.45) is 0 Å². The molecule has 0 bridgehead atoms. The van der Waals surface area contributed by atoms with Crippen LogP contribution in [-0.2, 0) is 32.6 Å². The Balaban J connectivity index is 1.81. The largest absolute Gasteiger partial charge is 0.352 e. The van der Waals surface area contributed by atoms with Crippen molar-refractivity contribution in [2.75, 3.05) is 10.8 Å². The number of carbonyl (C=O) groups excluding carboxylic acids is 2. The predicted octanol–water partition coefficient (Wildman–Crippen LogP) is 5.97. The topological polar surface area (TPSA) is 86.8 Å². The summed E-state index contributed by atoms with van der Waals surface area (Å²) in [6.45, 7) is 9.05. The molecule has 0 spiro atoms. The van der Waals surface area contributed by atoms with Gasteiger partial charge in [-0.3, -0.25) is 13.9 Å². The van der Waals surface area contributed by atoms with E-state index >= 15 is 0 Å². The first kappa shape index (κ1) is 32.5. The molecule has 4 aromatic carbocycles. The average Bonchev–Trinajstić information content (AvgIpc) is 2.99. The van der Waals surface area contributed by atoms with Gasteiger partial charge in [-0.2, -0.15) is 0 Å². The van der Waals surface area contributed by atoms with Crippen molar-refractivity contribution < 1.29 is 18.0 Å². The van der Waals surface area contributed by atoms with Gasteiger partial charge in [0.15, 0.2) is 0 Å². The summed E-state index contributed by atoms with van der Waals surface area (Å²) in [6.07, 6.45) is 0.270. The fraction of sp³-hybridized carbons (Fsp3) is 0.278. The SMILES string of the molecule is Cc1ccc(S(=O)(=O)N(CC(=O)N(Cc2ccccc2)[C@H](Cc2ccccc2)C(=O)NC(C)C)c2ccc(C)cc2C)cc1. The summed E-state index contributed by atoms with van der Waals surface area (Å²) in [5, 5.41) is 2.98. The van der Waals surface area contributed by atoms with Crippen molar-refractivity contribution in [3.63, 3.8) is 0 Å². The average molecular weight is 612 g/mol. The van der Waals surface area contributed by atoms with Crippen LogP contribution in [0, 0.1) is 20.8 Å². The molecule has 7 nitrogen and oxygen atoms in total. The lowest BCUT2D eigenvalue weighted by atomic mass is 10.0. The summed E-state index contributed by atoms with van der Waals surface area (Å²) in [5.41, 5.74) is 4.75. The summed E-state index contributed by atoms with van der Waals surface area (Å²) < 4.78 is 29.6. The molecule has 2 amide bonds. The first-order valence-corrected chi connectivity index (χ1v) is 16.2. The van der Waals surface area contributed by atoms with E-state index in [1.807, 2.05) is 107 Å². The van der Waals surface area contributed by atoms with Gasteiger partial charge in [0, 0.05) is 19.0 Å². The molecule has 0 unspecified atom stereocenters. The lowest BCUT2D eigenvalue weighted by Gasteiger charge is -2.34. The molecule has 0 aliphatic carbocycles. The van der Waals surface area contributed by atoms with Crippen molar-refractivity contribution in [3.05, 3.63) is 131 Å². The molecule has 1 N–H and O–H groups in total. The molecule has 1 atom stereocenters. The van der Waals surface area contributed by atoms with Gasteiger partial charge >= 0.3 is 0 Å². The van der Waals surface area contributed by atoms with Crippen molar-refractivity contribution in [1.29, 1.82) is 0 Å². The number of rotatable bonds is 12. The second-order valence-corrected chi connectivity index (χ2v) is 13.4. The zero-order valence-electron chi connectivity index (χ0n) is 26.0. The molecule has 0 aliphatic rings. The number of nitrogens with one attached hydrogen (secondary N) is 1. The maximum absolute atomic E-state index is 14.5. The molecule has 4 rings (SSSR count). The van der Waals surface area contributed by atoms with Gasteiger partial charge in [-0.1, -0.05) is 96.1 Å². The van der Waals surface area contributed by atoms with Gasteiger partial charge in [-0.15, -0.1) is 0 Å². The fourth-order valence-corrected chi connectivity index (χ4v) is 6.63. The van der Waals surface area contributed by atoms with Crippen LogP contribution in [0.25, 0.3) is 0 Å². The highest BCUT2D eigenvalue weighted by atomic mass is 32.2. The minimum absolute atomic E-state index is 0.0869. The van der Waals surface area contributed by atoms with Crippen LogP contribution in [0.2, 0.25) is 0 Å². The number of hydrogen-bond donors (Lipinski definition) is 1. The number of benzene rings is 4. The lowest BCUT2D eigenvalue weighted by molar-refractivity contribution is -0.140. The molecule has 0 fully saturated rings. The normalized spacial score (nSPS) is 12.0. The Morgan fingerprint density at radius 3 is 1.89 bits per heavy atom. The molecule has 0 aliphatic heterocycles. The third-order valence-electron chi connectivity index (χ3n) is 7.41. The summed E-state index contributed by atoms with van der Waals surface area (Å²) in [4.78, 5) is 29.9. The molecule has 0 radical (unpaired) electrons. The minimum atomic E-state index is -4.15. The van der Waals surface area contributed by atoms with Gasteiger partial charge in [-0.05, 0) is 69.5 Å². The van der Waals surface area contributed by atoms with Crippen LogP contribution in [0.5, 0.6) is 0 Å². The van der Waals surface area contributed by atoms with Crippen LogP contribution in [0.3, 0.4) is 0 Å². The zero-order valence-corrected chi connectivity index (χ0v) is 26.8. The van der Waals surface area contributed by atoms with Crippen LogP contribution in [-0.4, -0.2) is 43.8 Å². The minimum Gasteiger partial charge on any atom is -0.352 e. The van der Waals surface area contributed by atoms with Gasteiger partial charge in [0.05, 0.1) is 10.6 Å². The lowest BCUT2D eigenvalue weighted by Crippen LogP contribution is -2.54. The first-order chi connectivity index (χ1) is 21.0. The van der Waals surface area contributed by atoms with E-state index in [2.05, 4.69) is 5.32 Å². The molecule has 0 heterocycles. The number of anilines is 1. The third-order valence-corrected chi connectivity index (χ3v) is 9.18. The maximum atomic E-state index is 14.5. The van der Waals surface area contributed by atoms with Crippen LogP contribution in [0.15, 0.2) is 108 Å². The van der Waals surface area contributed by atoms with Gasteiger partial charge < -0.3 is 10.2 Å². The van der Waals surface area contributed by atoms with Gasteiger partial charge in [0.1, 0.15) is 12.6 Å². The van der Waals surface area contributed by atoms with Crippen molar-refractivity contribution in [1.82, 2.24) is 10.2 Å². The fourth-order valence-electron chi connectivity index (χ4n) is 5.15. The maximum Gasteiger partial charge on any atom is 0.264 e. The van der Waals surface area contributed by atoms with Gasteiger partial charge in [0.2, 0.25) is 11.8 Å². The van der Waals surface area contributed by atoms with E-state index in [0.717, 1.165) is 27.8 Å². The Kier molecular flexibility index (Phi) is 10.6. The Morgan fingerprint density at radius 2 is 1.32 bits per heavy atom. The van der Waals surface area contributed by atoms with Gasteiger partial charge in [-0.25, -0.2) is 8.42 Å². The highest BCUT2D eigenvalue weighted by Crippen LogP contribution is 2.28. The molecular formula is C36H41N3O4S. The van der Waals surface area contributed by atoms with E-state index in [4.69, 9.17) is 0 Å². The summed E-state index contributed by atoms with van der Waals surface area (Å²) in [5.74, 6) is -0.781. The summed E-state index contributed by atoms with van der Waals surface area (Å²) in [7, 11) is -4.15. The molecular weight excluding hydrogens is 570 g/mol. The van der Waals surface area contributed by atoms with E-state index in [1.165, 1.54) is 9.21 Å². The Bertz CT molecular complexity index is 1670. The first-order valence-electron chi connectivity index (χ1n) is 14.8. The van der Waals surface area contributed by atoms with Crippen LogP contribution < -0.4 is 9.62 Å². The smallest absolute Gasteiger partial charge is 0.264 e. The second kappa shape index (κ2) is 14.4. The van der Waals surface area contributed by atoms with Crippen LogP contribution in [0.4, 0.5) is 5.69 Å². The predicted molar refractivity (Wildman–Crippen MR) is 176 cm³/mol. The standard InChI is InChI=1S/C36H41N3O4S/c1-26(2)37-36(41)34(23-30-12-8-6-9-13-30)38(24-31-14-10-7-11-15-31)35(40)25-39(33-21-18-28(4)22-29(33)5)44(42,43)32-19-16-27(3)17-20-32/h6-22,26,34H,23-25H2,1-5H3,(H,37,41)/t34-/m1/s1. The highest BCUT2D eigenvalue weighted by molar-refractivity contribution is 7.92. The van der Waals surface area contributed by atoms with Crippen LogP contribution >= 0.6 is 0 Å². The molecule has 4 aromatic rings. The number of sulfonamides is 1. The van der Waals surface area contributed by atoms with E-state index in [1.54, 1.807) is 30.3 Å².